The van der Waals surface area contributed by atoms with Gasteiger partial charge in [0.2, 0.25) is 0 Å². The third kappa shape index (κ3) is 3.66. The first-order valence-electron chi connectivity index (χ1n) is 6.85. The zero-order valence-electron chi connectivity index (χ0n) is 12.8. The largest absolute Gasteiger partial charge is 0.465 e. The van der Waals surface area contributed by atoms with Crippen LogP contribution in [0.25, 0.3) is 0 Å². The molecule has 0 N–H and O–H groups in total. The maximum atomic E-state index is 13.1. The third-order valence-corrected chi connectivity index (χ3v) is 3.25. The average molecular weight is 321 g/mol. The Morgan fingerprint density at radius 1 is 1.18 bits per heavy atom. The van der Waals surface area contributed by atoms with Crippen LogP contribution in [0, 0.1) is 11.8 Å². The number of ether oxygens (including phenoxy) is 2. The second-order valence-corrected chi connectivity index (χ2v) is 4.73. The maximum absolute atomic E-state index is 13.1. The molecule has 0 saturated carbocycles. The SMILES string of the molecule is CCOC(=O)C1=C(C)N=C(C(F)(F)F)C(C(=O)OCC)C1C. The number of rotatable bonds is 4. The van der Waals surface area contributed by atoms with Gasteiger partial charge in [0.25, 0.3) is 0 Å². The smallest absolute Gasteiger partial charge is 0.430 e. The molecule has 0 bridgehead atoms. The number of esters is 2. The normalized spacial score (nSPS) is 22.2. The Hall–Kier alpha value is -1.86. The Morgan fingerprint density at radius 3 is 2.18 bits per heavy atom. The van der Waals surface area contributed by atoms with E-state index in [0.29, 0.717) is 0 Å². The first kappa shape index (κ1) is 18.2. The van der Waals surface area contributed by atoms with E-state index in [2.05, 4.69) is 4.99 Å². The van der Waals surface area contributed by atoms with Crippen LogP contribution < -0.4 is 0 Å². The molecular weight excluding hydrogens is 303 g/mol. The van der Waals surface area contributed by atoms with Crippen LogP contribution in [0.1, 0.15) is 27.7 Å². The van der Waals surface area contributed by atoms with Crippen molar-refractivity contribution in [2.75, 3.05) is 13.2 Å². The summed E-state index contributed by atoms with van der Waals surface area (Å²) < 4.78 is 49.0. The summed E-state index contributed by atoms with van der Waals surface area (Å²) in [6.45, 7) is 5.72. The van der Waals surface area contributed by atoms with Crippen LogP contribution in [0.4, 0.5) is 13.2 Å². The molecule has 2 atom stereocenters. The molecule has 0 aromatic carbocycles. The molecule has 1 heterocycles. The lowest BCUT2D eigenvalue weighted by atomic mass is 9.80. The molecule has 2 unspecified atom stereocenters. The minimum absolute atomic E-state index is 0.0343. The van der Waals surface area contributed by atoms with E-state index < -0.39 is 35.7 Å². The van der Waals surface area contributed by atoms with Gasteiger partial charge in [-0.2, -0.15) is 13.2 Å². The second kappa shape index (κ2) is 6.93. The van der Waals surface area contributed by atoms with Crippen LogP contribution in [-0.4, -0.2) is 37.0 Å². The van der Waals surface area contributed by atoms with Crippen molar-refractivity contribution in [3.8, 4) is 0 Å². The van der Waals surface area contributed by atoms with Gasteiger partial charge in [0.05, 0.1) is 18.8 Å². The van der Waals surface area contributed by atoms with Gasteiger partial charge in [0.1, 0.15) is 11.6 Å². The summed E-state index contributed by atoms with van der Waals surface area (Å²) in [5, 5.41) is 0. The van der Waals surface area contributed by atoms with E-state index in [1.165, 1.54) is 20.8 Å². The lowest BCUT2D eigenvalue weighted by molar-refractivity contribution is -0.149. The van der Waals surface area contributed by atoms with E-state index in [-0.39, 0.29) is 24.5 Å². The van der Waals surface area contributed by atoms with Crippen LogP contribution in [0.15, 0.2) is 16.3 Å². The first-order valence-corrected chi connectivity index (χ1v) is 6.85. The fourth-order valence-electron chi connectivity index (χ4n) is 2.37. The topological polar surface area (TPSA) is 65.0 Å². The van der Waals surface area contributed by atoms with Crippen molar-refractivity contribution >= 4 is 17.7 Å². The van der Waals surface area contributed by atoms with Crippen molar-refractivity contribution in [2.45, 2.75) is 33.9 Å². The molecule has 0 radical (unpaired) electrons. The summed E-state index contributed by atoms with van der Waals surface area (Å²) in [4.78, 5) is 27.3. The molecule has 0 aromatic heterocycles. The summed E-state index contributed by atoms with van der Waals surface area (Å²) in [6.07, 6.45) is -4.78. The second-order valence-electron chi connectivity index (χ2n) is 4.73. The molecule has 1 aliphatic heterocycles. The average Bonchev–Trinajstić information content (AvgIpc) is 2.37. The molecule has 0 aliphatic carbocycles. The number of allylic oxidation sites excluding steroid dienone is 1. The summed E-state index contributed by atoms with van der Waals surface area (Å²) in [7, 11) is 0. The van der Waals surface area contributed by atoms with Gasteiger partial charge in [0, 0.05) is 11.6 Å². The molecule has 0 aromatic rings. The summed E-state index contributed by atoms with van der Waals surface area (Å²) in [5.41, 5.74) is -1.38. The minimum atomic E-state index is -4.78. The first-order chi connectivity index (χ1) is 10.1. The quantitative estimate of drug-likeness (QED) is 0.747. The van der Waals surface area contributed by atoms with Crippen LogP contribution in [-0.2, 0) is 19.1 Å². The van der Waals surface area contributed by atoms with Gasteiger partial charge in [-0.25, -0.2) is 4.79 Å². The summed E-state index contributed by atoms with van der Waals surface area (Å²) in [5.74, 6) is -4.54. The van der Waals surface area contributed by atoms with E-state index in [4.69, 9.17) is 9.47 Å². The lowest BCUT2D eigenvalue weighted by Crippen LogP contribution is -2.44. The molecule has 0 amide bonds. The van der Waals surface area contributed by atoms with E-state index >= 15 is 0 Å². The fraction of sp³-hybridized carbons (Fsp3) is 0.643. The highest BCUT2D eigenvalue weighted by Crippen LogP contribution is 2.37. The van der Waals surface area contributed by atoms with Gasteiger partial charge < -0.3 is 9.47 Å². The molecule has 1 rings (SSSR count). The number of nitrogens with zero attached hydrogens (tertiary/aromatic N) is 1. The lowest BCUT2D eigenvalue weighted by Gasteiger charge is -2.30. The monoisotopic (exact) mass is 321 g/mol. The van der Waals surface area contributed by atoms with Crippen molar-refractivity contribution in [1.82, 2.24) is 0 Å². The standard InChI is InChI=1S/C14H18F3NO4/c1-5-21-12(19)9-7(3)10(13(20)22-6-2)11(14(15,16)17)18-8(9)4/h7,10H,5-6H2,1-4H3. The van der Waals surface area contributed by atoms with Gasteiger partial charge in [0.15, 0.2) is 0 Å². The molecule has 8 heteroatoms. The molecule has 0 spiro atoms. The Morgan fingerprint density at radius 2 is 1.73 bits per heavy atom. The number of carbonyl (C=O) groups excluding carboxylic acids is 2. The van der Waals surface area contributed by atoms with Gasteiger partial charge in [-0.05, 0) is 20.8 Å². The molecule has 5 nitrogen and oxygen atoms in total. The Bertz CT molecular complexity index is 523. The summed E-state index contributed by atoms with van der Waals surface area (Å²) in [6, 6.07) is 0. The van der Waals surface area contributed by atoms with Crippen molar-refractivity contribution in [3.63, 3.8) is 0 Å². The highest BCUT2D eigenvalue weighted by atomic mass is 19.4. The van der Waals surface area contributed by atoms with Gasteiger partial charge in [-0.15, -0.1) is 0 Å². The maximum Gasteiger partial charge on any atom is 0.430 e. The Kier molecular flexibility index (Phi) is 5.73. The van der Waals surface area contributed by atoms with Crippen molar-refractivity contribution in [2.24, 2.45) is 16.8 Å². The summed E-state index contributed by atoms with van der Waals surface area (Å²) >= 11 is 0. The van der Waals surface area contributed by atoms with Crippen molar-refractivity contribution in [3.05, 3.63) is 11.3 Å². The molecule has 0 fully saturated rings. The van der Waals surface area contributed by atoms with Crippen LogP contribution in [0.2, 0.25) is 0 Å². The number of hydrogen-bond acceptors (Lipinski definition) is 5. The number of carbonyl (C=O) groups is 2. The van der Waals surface area contributed by atoms with Crippen LogP contribution in [0.5, 0.6) is 0 Å². The molecule has 1 aliphatic rings. The van der Waals surface area contributed by atoms with Gasteiger partial charge >= 0.3 is 18.1 Å². The fourth-order valence-corrected chi connectivity index (χ4v) is 2.37. The Labute approximate surface area is 126 Å². The Balaban J connectivity index is 3.36. The number of hydrogen-bond donors (Lipinski definition) is 0. The molecule has 0 saturated heterocycles. The molecule has 124 valence electrons. The van der Waals surface area contributed by atoms with E-state index in [0.717, 1.165) is 0 Å². The third-order valence-electron chi connectivity index (χ3n) is 3.25. The van der Waals surface area contributed by atoms with Crippen molar-refractivity contribution < 1.29 is 32.2 Å². The zero-order chi connectivity index (χ0) is 17.1. The predicted octanol–water partition coefficient (Wildman–Crippen LogP) is 2.66. The van der Waals surface area contributed by atoms with Gasteiger partial charge in [-0.3, -0.25) is 9.79 Å². The highest BCUT2D eigenvalue weighted by molar-refractivity contribution is 6.09. The number of aliphatic imine (C=N–C) groups is 1. The molecule has 22 heavy (non-hydrogen) atoms. The van der Waals surface area contributed by atoms with E-state index in [1.54, 1.807) is 6.92 Å². The van der Waals surface area contributed by atoms with E-state index in [1.807, 2.05) is 0 Å². The van der Waals surface area contributed by atoms with Crippen molar-refractivity contribution in [1.29, 1.82) is 0 Å². The van der Waals surface area contributed by atoms with Crippen LogP contribution in [0.3, 0.4) is 0 Å². The number of halogens is 3. The van der Waals surface area contributed by atoms with Crippen LogP contribution >= 0.6 is 0 Å². The highest BCUT2D eigenvalue weighted by Gasteiger charge is 2.50. The van der Waals surface area contributed by atoms with Gasteiger partial charge in [-0.1, -0.05) is 6.92 Å². The number of alkyl halides is 3. The minimum Gasteiger partial charge on any atom is -0.465 e. The zero-order valence-corrected chi connectivity index (χ0v) is 12.8. The molecular formula is C14H18F3NO4. The predicted molar refractivity (Wildman–Crippen MR) is 72.1 cm³/mol. The van der Waals surface area contributed by atoms with E-state index in [9.17, 15) is 22.8 Å².